The van der Waals surface area contributed by atoms with Gasteiger partial charge in [-0.05, 0) is 30.3 Å². The van der Waals surface area contributed by atoms with Gasteiger partial charge in [0, 0.05) is 37.2 Å². The molecular formula is C22H21N3O4. The maximum Gasteiger partial charge on any atom is 0.254 e. The lowest BCUT2D eigenvalue weighted by molar-refractivity contribution is 0.0758. The Morgan fingerprint density at radius 1 is 1.07 bits per heavy atom. The zero-order valence-electron chi connectivity index (χ0n) is 16.1. The third-order valence-electron chi connectivity index (χ3n) is 5.43. The molecule has 0 bridgehead atoms. The third kappa shape index (κ3) is 3.08. The number of methoxy groups -OCH3 is 1. The standard InChI is InChI=1S/C22H21N3O4/c1-27-18-5-3-2-4-16(18)17-13-23-21-8-9-24(10-11-25(17)21)22(26)15-6-7-19-20(12-15)29-14-28-19/h2-7,12-13H,8-11,14H2,1H3. The predicted molar refractivity (Wildman–Crippen MR) is 106 cm³/mol. The molecule has 2 aliphatic heterocycles. The van der Waals surface area contributed by atoms with Gasteiger partial charge < -0.3 is 23.7 Å². The summed E-state index contributed by atoms with van der Waals surface area (Å²) in [7, 11) is 1.67. The molecule has 0 radical (unpaired) electrons. The van der Waals surface area contributed by atoms with Gasteiger partial charge in [0.2, 0.25) is 6.79 Å². The lowest BCUT2D eigenvalue weighted by Crippen LogP contribution is -2.33. The van der Waals surface area contributed by atoms with Gasteiger partial charge in [0.1, 0.15) is 11.6 Å². The largest absolute Gasteiger partial charge is 0.496 e. The Kier molecular flexibility index (Phi) is 4.35. The first kappa shape index (κ1) is 17.6. The average Bonchev–Trinajstić information content (AvgIpc) is 3.34. The van der Waals surface area contributed by atoms with Crippen molar-refractivity contribution < 1.29 is 19.0 Å². The summed E-state index contributed by atoms with van der Waals surface area (Å²) in [6.07, 6.45) is 2.59. The first-order valence-electron chi connectivity index (χ1n) is 9.61. The average molecular weight is 391 g/mol. The Balaban J connectivity index is 1.39. The number of carbonyl (C=O) groups is 1. The molecule has 0 aliphatic carbocycles. The molecule has 2 aromatic carbocycles. The van der Waals surface area contributed by atoms with E-state index in [4.69, 9.17) is 14.2 Å². The highest BCUT2D eigenvalue weighted by molar-refractivity contribution is 5.95. The van der Waals surface area contributed by atoms with Crippen LogP contribution in [-0.2, 0) is 13.0 Å². The van der Waals surface area contributed by atoms with E-state index in [0.29, 0.717) is 43.1 Å². The molecule has 0 saturated heterocycles. The van der Waals surface area contributed by atoms with Crippen molar-refractivity contribution in [3.8, 4) is 28.5 Å². The van der Waals surface area contributed by atoms with Crippen LogP contribution < -0.4 is 14.2 Å². The van der Waals surface area contributed by atoms with Gasteiger partial charge in [-0.2, -0.15) is 0 Å². The topological polar surface area (TPSA) is 65.8 Å². The number of ether oxygens (including phenoxy) is 3. The predicted octanol–water partition coefficient (Wildman–Crippen LogP) is 2.99. The van der Waals surface area contributed by atoms with E-state index < -0.39 is 0 Å². The first-order valence-corrected chi connectivity index (χ1v) is 9.61. The van der Waals surface area contributed by atoms with E-state index in [9.17, 15) is 4.79 Å². The number of aromatic nitrogens is 2. The van der Waals surface area contributed by atoms with Gasteiger partial charge >= 0.3 is 0 Å². The van der Waals surface area contributed by atoms with Crippen LogP contribution in [0, 0.1) is 0 Å². The van der Waals surface area contributed by atoms with E-state index >= 15 is 0 Å². The molecular weight excluding hydrogens is 370 g/mol. The Hall–Kier alpha value is -3.48. The number of imidazole rings is 1. The fraction of sp³-hybridized carbons (Fsp3) is 0.273. The summed E-state index contributed by atoms with van der Waals surface area (Å²) in [6.45, 7) is 2.11. The van der Waals surface area contributed by atoms with Gasteiger partial charge in [0.05, 0.1) is 19.0 Å². The fourth-order valence-electron chi connectivity index (χ4n) is 3.92. The molecule has 148 valence electrons. The molecule has 1 aromatic heterocycles. The number of hydrogen-bond acceptors (Lipinski definition) is 5. The number of amides is 1. The summed E-state index contributed by atoms with van der Waals surface area (Å²) in [5.74, 6) is 3.09. The number of para-hydroxylation sites is 1. The van der Waals surface area contributed by atoms with E-state index in [0.717, 1.165) is 22.8 Å². The van der Waals surface area contributed by atoms with Crippen LogP contribution in [0.1, 0.15) is 16.2 Å². The van der Waals surface area contributed by atoms with Gasteiger partial charge in [0.15, 0.2) is 11.5 Å². The minimum atomic E-state index is -0.00658. The summed E-state index contributed by atoms with van der Waals surface area (Å²) >= 11 is 0. The molecule has 0 N–H and O–H groups in total. The van der Waals surface area contributed by atoms with Gasteiger partial charge in [-0.25, -0.2) is 4.98 Å². The number of benzene rings is 2. The molecule has 3 heterocycles. The first-order chi connectivity index (χ1) is 14.2. The van der Waals surface area contributed by atoms with E-state index in [1.165, 1.54) is 0 Å². The highest BCUT2D eigenvalue weighted by atomic mass is 16.7. The third-order valence-corrected chi connectivity index (χ3v) is 5.43. The molecule has 1 amide bonds. The quantitative estimate of drug-likeness (QED) is 0.687. The summed E-state index contributed by atoms with van der Waals surface area (Å²) in [5.41, 5.74) is 2.62. The zero-order valence-corrected chi connectivity index (χ0v) is 16.1. The number of carbonyl (C=O) groups excluding carboxylic acids is 1. The smallest absolute Gasteiger partial charge is 0.254 e. The molecule has 0 spiro atoms. The number of rotatable bonds is 3. The molecule has 0 saturated carbocycles. The number of hydrogen-bond donors (Lipinski definition) is 0. The second kappa shape index (κ2) is 7.16. The number of fused-ring (bicyclic) bond motifs is 2. The van der Waals surface area contributed by atoms with Crippen LogP contribution in [0.25, 0.3) is 11.3 Å². The van der Waals surface area contributed by atoms with Crippen molar-refractivity contribution in [1.82, 2.24) is 14.5 Å². The maximum atomic E-state index is 13.1. The minimum absolute atomic E-state index is 0.00658. The second-order valence-electron chi connectivity index (χ2n) is 7.02. The monoisotopic (exact) mass is 391 g/mol. The van der Waals surface area contributed by atoms with Crippen LogP contribution in [0.3, 0.4) is 0 Å². The summed E-state index contributed by atoms with van der Waals surface area (Å²) in [6, 6.07) is 13.3. The Morgan fingerprint density at radius 3 is 2.83 bits per heavy atom. The second-order valence-corrected chi connectivity index (χ2v) is 7.02. The molecule has 2 aliphatic rings. The molecule has 5 rings (SSSR count). The Morgan fingerprint density at radius 2 is 1.93 bits per heavy atom. The summed E-state index contributed by atoms with van der Waals surface area (Å²) in [5, 5.41) is 0. The van der Waals surface area contributed by atoms with Crippen molar-refractivity contribution in [3.05, 3.63) is 60.0 Å². The van der Waals surface area contributed by atoms with E-state index in [1.54, 1.807) is 25.3 Å². The maximum absolute atomic E-state index is 13.1. The zero-order chi connectivity index (χ0) is 19.8. The van der Waals surface area contributed by atoms with Gasteiger partial charge in [-0.3, -0.25) is 4.79 Å². The molecule has 7 heteroatoms. The van der Waals surface area contributed by atoms with E-state index in [-0.39, 0.29) is 12.7 Å². The molecule has 29 heavy (non-hydrogen) atoms. The normalized spacial score (nSPS) is 15.0. The van der Waals surface area contributed by atoms with Crippen molar-refractivity contribution in [2.75, 3.05) is 27.0 Å². The Labute approximate surface area is 168 Å². The van der Waals surface area contributed by atoms with Gasteiger partial charge in [-0.15, -0.1) is 0 Å². The molecule has 7 nitrogen and oxygen atoms in total. The van der Waals surface area contributed by atoms with Crippen LogP contribution >= 0.6 is 0 Å². The Bertz CT molecular complexity index is 1080. The van der Waals surface area contributed by atoms with Crippen molar-refractivity contribution in [1.29, 1.82) is 0 Å². The van der Waals surface area contributed by atoms with Crippen LogP contribution in [0.5, 0.6) is 17.2 Å². The fourth-order valence-corrected chi connectivity index (χ4v) is 3.92. The summed E-state index contributed by atoms with van der Waals surface area (Å²) < 4.78 is 18.4. The summed E-state index contributed by atoms with van der Waals surface area (Å²) in [4.78, 5) is 19.5. The van der Waals surface area contributed by atoms with E-state index in [1.807, 2.05) is 35.4 Å². The SMILES string of the molecule is COc1ccccc1-c1cnc2n1CCN(C(=O)c1ccc3c(c1)OCO3)CC2. The molecule has 0 atom stereocenters. The van der Waals surface area contributed by atoms with E-state index in [2.05, 4.69) is 9.55 Å². The van der Waals surface area contributed by atoms with Crippen molar-refractivity contribution in [3.63, 3.8) is 0 Å². The van der Waals surface area contributed by atoms with Crippen molar-refractivity contribution >= 4 is 5.91 Å². The molecule has 3 aromatic rings. The van der Waals surface area contributed by atoms with Crippen LogP contribution in [0.15, 0.2) is 48.7 Å². The van der Waals surface area contributed by atoms with Crippen LogP contribution in [-0.4, -0.2) is 47.4 Å². The van der Waals surface area contributed by atoms with Gasteiger partial charge in [-0.1, -0.05) is 12.1 Å². The van der Waals surface area contributed by atoms with Crippen LogP contribution in [0.4, 0.5) is 0 Å². The van der Waals surface area contributed by atoms with Crippen molar-refractivity contribution in [2.45, 2.75) is 13.0 Å². The minimum Gasteiger partial charge on any atom is -0.496 e. The highest BCUT2D eigenvalue weighted by Gasteiger charge is 2.24. The van der Waals surface area contributed by atoms with Gasteiger partial charge in [0.25, 0.3) is 5.91 Å². The lowest BCUT2D eigenvalue weighted by atomic mass is 10.1. The highest BCUT2D eigenvalue weighted by Crippen LogP contribution is 2.33. The molecule has 0 fully saturated rings. The lowest BCUT2D eigenvalue weighted by Gasteiger charge is -2.20. The van der Waals surface area contributed by atoms with Crippen molar-refractivity contribution in [2.24, 2.45) is 0 Å². The number of nitrogens with zero attached hydrogens (tertiary/aromatic N) is 3. The van der Waals surface area contributed by atoms with Crippen LogP contribution in [0.2, 0.25) is 0 Å². The molecule has 0 unspecified atom stereocenters.